The molecule has 38 heavy (non-hydrogen) atoms. The van der Waals surface area contributed by atoms with Crippen molar-refractivity contribution in [3.8, 4) is 0 Å². The van der Waals surface area contributed by atoms with E-state index in [1.165, 1.54) is 36.4 Å². The highest BCUT2D eigenvalue weighted by Crippen LogP contribution is 2.28. The van der Waals surface area contributed by atoms with E-state index in [1.54, 1.807) is 36.4 Å². The fourth-order valence-corrected chi connectivity index (χ4v) is 5.70. The Morgan fingerprint density at radius 3 is 1.79 bits per heavy atom. The van der Waals surface area contributed by atoms with Gasteiger partial charge in [0.05, 0.1) is 6.04 Å². The first-order chi connectivity index (χ1) is 18.5. The van der Waals surface area contributed by atoms with Gasteiger partial charge >= 0.3 is 0 Å². The van der Waals surface area contributed by atoms with E-state index in [2.05, 4.69) is 9.80 Å². The molecule has 0 bridgehead atoms. The third-order valence-electron chi connectivity index (χ3n) is 7.87. The Balaban J connectivity index is 1.22. The summed E-state index contributed by atoms with van der Waals surface area (Å²) < 4.78 is 40.5. The van der Waals surface area contributed by atoms with E-state index in [0.717, 1.165) is 55.6 Å². The summed E-state index contributed by atoms with van der Waals surface area (Å²) in [5.41, 5.74) is 2.98. The molecule has 4 nitrogen and oxygen atoms in total. The van der Waals surface area contributed by atoms with Gasteiger partial charge in [0.25, 0.3) is 0 Å². The fourth-order valence-electron chi connectivity index (χ4n) is 5.70. The third kappa shape index (κ3) is 6.45. The molecule has 0 spiro atoms. The Morgan fingerprint density at radius 2 is 1.24 bits per heavy atom. The van der Waals surface area contributed by atoms with Crippen LogP contribution in [-0.2, 0) is 11.3 Å². The molecule has 0 unspecified atom stereocenters. The minimum Gasteiger partial charge on any atom is -0.339 e. The first-order valence-electron chi connectivity index (χ1n) is 13.5. The normalized spacial score (nSPS) is 19.2. The summed E-state index contributed by atoms with van der Waals surface area (Å²) in [4.78, 5) is 20.1. The van der Waals surface area contributed by atoms with Crippen LogP contribution in [0.2, 0.25) is 0 Å². The number of hydrogen-bond acceptors (Lipinski definition) is 3. The van der Waals surface area contributed by atoms with E-state index in [-0.39, 0.29) is 35.3 Å². The van der Waals surface area contributed by atoms with Gasteiger partial charge in [-0.2, -0.15) is 0 Å². The predicted molar refractivity (Wildman–Crippen MR) is 142 cm³/mol. The van der Waals surface area contributed by atoms with Crippen molar-refractivity contribution in [2.75, 3.05) is 39.3 Å². The molecule has 0 N–H and O–H groups in total. The molecule has 3 aromatic rings. The molecule has 0 aliphatic carbocycles. The lowest BCUT2D eigenvalue weighted by atomic mass is 9.90. The predicted octanol–water partition coefficient (Wildman–Crippen LogP) is 5.43. The summed E-state index contributed by atoms with van der Waals surface area (Å²) in [6.07, 6.45) is 2.94. The maximum absolute atomic E-state index is 13.6. The first kappa shape index (κ1) is 26.4. The van der Waals surface area contributed by atoms with Crippen molar-refractivity contribution in [2.24, 2.45) is 0 Å². The summed E-state index contributed by atoms with van der Waals surface area (Å²) in [5, 5.41) is 0. The molecule has 0 saturated carbocycles. The Kier molecular flexibility index (Phi) is 8.45. The number of amides is 1. The minimum absolute atomic E-state index is 0.0250. The molecule has 0 aromatic heterocycles. The van der Waals surface area contributed by atoms with E-state index in [4.69, 9.17) is 0 Å². The zero-order valence-corrected chi connectivity index (χ0v) is 21.5. The number of halogens is 3. The van der Waals surface area contributed by atoms with Gasteiger partial charge < -0.3 is 4.90 Å². The molecule has 1 atom stereocenters. The lowest BCUT2D eigenvalue weighted by Gasteiger charge is -2.41. The first-order valence-corrected chi connectivity index (χ1v) is 13.5. The standard InChI is InChI=1S/C31H34F3N3O/c32-26-10-4-23(5-11-26)21-37-16-2-1-3-30(37)31(38)36-19-17-35(18-20-36)22-29(24-6-12-27(33)13-7-24)25-8-14-28(34)15-9-25/h4-15,29-30H,1-3,16-22H2/t30-/m0/s1. The highest BCUT2D eigenvalue weighted by atomic mass is 19.1. The van der Waals surface area contributed by atoms with Crippen LogP contribution in [0.4, 0.5) is 13.2 Å². The zero-order valence-electron chi connectivity index (χ0n) is 21.5. The second-order valence-corrected chi connectivity index (χ2v) is 10.4. The average molecular weight is 522 g/mol. The van der Waals surface area contributed by atoms with Crippen LogP contribution in [0.15, 0.2) is 72.8 Å². The molecule has 2 heterocycles. The third-order valence-corrected chi connectivity index (χ3v) is 7.87. The van der Waals surface area contributed by atoms with Gasteiger partial charge in [-0.25, -0.2) is 13.2 Å². The number of carbonyl (C=O) groups excluding carboxylic acids is 1. The Hall–Kier alpha value is -3.16. The van der Waals surface area contributed by atoms with Gasteiger partial charge in [0.2, 0.25) is 5.91 Å². The van der Waals surface area contributed by atoms with Crippen LogP contribution < -0.4 is 0 Å². The smallest absolute Gasteiger partial charge is 0.240 e. The molecular weight excluding hydrogens is 487 g/mol. The summed E-state index contributed by atoms with van der Waals surface area (Å²) in [7, 11) is 0. The van der Waals surface area contributed by atoms with Crippen LogP contribution >= 0.6 is 0 Å². The second kappa shape index (κ2) is 12.1. The topological polar surface area (TPSA) is 26.8 Å². The van der Waals surface area contributed by atoms with Gasteiger partial charge in [-0.3, -0.25) is 14.6 Å². The molecule has 2 aliphatic heterocycles. The van der Waals surface area contributed by atoms with Gasteiger partial charge in [-0.15, -0.1) is 0 Å². The zero-order chi connectivity index (χ0) is 26.5. The van der Waals surface area contributed by atoms with Crippen molar-refractivity contribution < 1.29 is 18.0 Å². The van der Waals surface area contributed by atoms with Crippen LogP contribution in [0.1, 0.15) is 41.9 Å². The number of hydrogen-bond donors (Lipinski definition) is 0. The van der Waals surface area contributed by atoms with Gasteiger partial charge in [0, 0.05) is 45.2 Å². The molecule has 2 fully saturated rings. The lowest BCUT2D eigenvalue weighted by molar-refractivity contribution is -0.140. The van der Waals surface area contributed by atoms with Crippen molar-refractivity contribution in [3.63, 3.8) is 0 Å². The lowest BCUT2D eigenvalue weighted by Crippen LogP contribution is -2.56. The number of piperazine rings is 1. The highest BCUT2D eigenvalue weighted by molar-refractivity contribution is 5.82. The molecule has 200 valence electrons. The quantitative estimate of drug-likeness (QED) is 0.415. The summed E-state index contributed by atoms with van der Waals surface area (Å²) in [6.45, 7) is 5.01. The van der Waals surface area contributed by atoms with Crippen molar-refractivity contribution in [1.82, 2.24) is 14.7 Å². The molecule has 3 aromatic carbocycles. The van der Waals surface area contributed by atoms with E-state index >= 15 is 0 Å². The van der Waals surface area contributed by atoms with Gasteiger partial charge in [0.1, 0.15) is 17.5 Å². The van der Waals surface area contributed by atoms with Gasteiger partial charge in [-0.1, -0.05) is 42.8 Å². The minimum atomic E-state index is -0.282. The molecule has 2 aliphatic rings. The number of benzene rings is 3. The molecular formula is C31H34F3N3O. The number of piperidine rings is 1. The Morgan fingerprint density at radius 1 is 0.711 bits per heavy atom. The second-order valence-electron chi connectivity index (χ2n) is 10.4. The number of rotatable bonds is 7. The SMILES string of the molecule is O=C([C@@H]1CCCCN1Cc1ccc(F)cc1)N1CCN(CC(c2ccc(F)cc2)c2ccc(F)cc2)CC1. The summed E-state index contributed by atoms with van der Waals surface area (Å²) in [6, 6.07) is 19.4. The van der Waals surface area contributed by atoms with Crippen LogP contribution in [0, 0.1) is 17.5 Å². The number of likely N-dealkylation sites (tertiary alicyclic amines) is 1. The van der Waals surface area contributed by atoms with Gasteiger partial charge in [-0.05, 0) is 72.5 Å². The van der Waals surface area contributed by atoms with E-state index in [1.807, 2.05) is 4.90 Å². The van der Waals surface area contributed by atoms with E-state index in [9.17, 15) is 18.0 Å². The van der Waals surface area contributed by atoms with Crippen molar-refractivity contribution >= 4 is 5.91 Å². The van der Waals surface area contributed by atoms with Crippen LogP contribution in [0.3, 0.4) is 0 Å². The van der Waals surface area contributed by atoms with Crippen molar-refractivity contribution in [2.45, 2.75) is 37.8 Å². The Labute approximate surface area is 222 Å². The summed E-state index contributed by atoms with van der Waals surface area (Å²) >= 11 is 0. The molecule has 2 saturated heterocycles. The summed E-state index contributed by atoms with van der Waals surface area (Å²) in [5.74, 6) is -0.660. The monoisotopic (exact) mass is 521 g/mol. The maximum atomic E-state index is 13.6. The van der Waals surface area contributed by atoms with Crippen LogP contribution in [0.5, 0.6) is 0 Å². The molecule has 0 radical (unpaired) electrons. The highest BCUT2D eigenvalue weighted by Gasteiger charge is 2.33. The van der Waals surface area contributed by atoms with E-state index < -0.39 is 0 Å². The van der Waals surface area contributed by atoms with Gasteiger partial charge in [0.15, 0.2) is 0 Å². The Bertz CT molecular complexity index is 1150. The van der Waals surface area contributed by atoms with Crippen LogP contribution in [-0.4, -0.2) is 65.9 Å². The average Bonchev–Trinajstić information content (AvgIpc) is 2.94. The van der Waals surface area contributed by atoms with Crippen molar-refractivity contribution in [1.29, 1.82) is 0 Å². The van der Waals surface area contributed by atoms with Crippen molar-refractivity contribution in [3.05, 3.63) is 107 Å². The van der Waals surface area contributed by atoms with Crippen LogP contribution in [0.25, 0.3) is 0 Å². The van der Waals surface area contributed by atoms with E-state index in [0.29, 0.717) is 26.2 Å². The molecule has 5 rings (SSSR count). The molecule has 1 amide bonds. The number of carbonyl (C=O) groups is 1. The largest absolute Gasteiger partial charge is 0.339 e. The maximum Gasteiger partial charge on any atom is 0.240 e. The number of nitrogens with zero attached hydrogens (tertiary/aromatic N) is 3. The molecule has 7 heteroatoms. The fraction of sp³-hybridized carbons (Fsp3) is 0.387.